The first-order chi connectivity index (χ1) is 12.0. The summed E-state index contributed by atoms with van der Waals surface area (Å²) in [6.45, 7) is 2.87. The number of hydrogen-bond donors (Lipinski definition) is 1. The van der Waals surface area contributed by atoms with Gasteiger partial charge < -0.3 is 10.2 Å². The standard InChI is InChI=1S/C17H21N3O3S2/c1-19-8-10-20(11-9-19)25(22,23)15-6-4-14(5-7-15)13-18-17(21)16-3-2-12-24-16/h2-7,12H,8-11,13H2,1H3,(H,18,21). The Labute approximate surface area is 152 Å². The topological polar surface area (TPSA) is 69.7 Å². The Bertz CT molecular complexity index is 809. The molecule has 6 nitrogen and oxygen atoms in total. The molecule has 3 rings (SSSR count). The molecular weight excluding hydrogens is 358 g/mol. The molecule has 1 saturated heterocycles. The summed E-state index contributed by atoms with van der Waals surface area (Å²) >= 11 is 1.39. The third kappa shape index (κ3) is 4.27. The van der Waals surface area contributed by atoms with Gasteiger partial charge in [0.2, 0.25) is 10.0 Å². The van der Waals surface area contributed by atoms with Crippen molar-refractivity contribution in [3.8, 4) is 0 Å². The molecule has 8 heteroatoms. The molecule has 2 heterocycles. The summed E-state index contributed by atoms with van der Waals surface area (Å²) in [6, 6.07) is 10.3. The highest BCUT2D eigenvalue weighted by Crippen LogP contribution is 2.18. The number of piperazine rings is 1. The Morgan fingerprint density at radius 3 is 2.40 bits per heavy atom. The third-order valence-electron chi connectivity index (χ3n) is 4.22. The first kappa shape index (κ1) is 18.1. The van der Waals surface area contributed by atoms with Crippen LogP contribution in [0, 0.1) is 0 Å². The van der Waals surface area contributed by atoms with Crippen LogP contribution in [0.4, 0.5) is 0 Å². The van der Waals surface area contributed by atoms with Crippen LogP contribution in [0.15, 0.2) is 46.7 Å². The number of hydrogen-bond acceptors (Lipinski definition) is 5. The van der Waals surface area contributed by atoms with Crippen LogP contribution in [0.1, 0.15) is 15.2 Å². The number of nitrogens with one attached hydrogen (secondary N) is 1. The fourth-order valence-corrected chi connectivity index (χ4v) is 4.70. The van der Waals surface area contributed by atoms with Crippen LogP contribution in [0.5, 0.6) is 0 Å². The molecule has 1 aromatic heterocycles. The molecule has 2 aromatic rings. The van der Waals surface area contributed by atoms with Gasteiger partial charge in [-0.2, -0.15) is 4.31 Å². The van der Waals surface area contributed by atoms with E-state index in [1.807, 2.05) is 18.5 Å². The normalized spacial score (nSPS) is 16.7. The molecule has 1 aliphatic heterocycles. The average molecular weight is 380 g/mol. The van der Waals surface area contributed by atoms with Gasteiger partial charge in [0, 0.05) is 32.7 Å². The van der Waals surface area contributed by atoms with Crippen molar-refractivity contribution in [3.05, 3.63) is 52.2 Å². The van der Waals surface area contributed by atoms with Gasteiger partial charge in [-0.25, -0.2) is 8.42 Å². The molecule has 0 unspecified atom stereocenters. The van der Waals surface area contributed by atoms with E-state index in [4.69, 9.17) is 0 Å². The zero-order valence-corrected chi connectivity index (χ0v) is 15.6. The van der Waals surface area contributed by atoms with Crippen LogP contribution >= 0.6 is 11.3 Å². The van der Waals surface area contributed by atoms with Gasteiger partial charge in [-0.15, -0.1) is 11.3 Å². The molecule has 0 atom stereocenters. The van der Waals surface area contributed by atoms with Gasteiger partial charge in [-0.1, -0.05) is 18.2 Å². The highest BCUT2D eigenvalue weighted by atomic mass is 32.2. The lowest BCUT2D eigenvalue weighted by Gasteiger charge is -2.31. The van der Waals surface area contributed by atoms with Gasteiger partial charge in [0.25, 0.3) is 5.91 Å². The second-order valence-corrected chi connectivity index (χ2v) is 8.90. The quantitative estimate of drug-likeness (QED) is 0.857. The van der Waals surface area contributed by atoms with E-state index in [2.05, 4.69) is 10.2 Å². The van der Waals surface area contributed by atoms with Crippen LogP contribution in [-0.4, -0.2) is 56.8 Å². The third-order valence-corrected chi connectivity index (χ3v) is 7.00. The molecule has 1 aliphatic rings. The van der Waals surface area contributed by atoms with Crippen LogP contribution in [-0.2, 0) is 16.6 Å². The highest BCUT2D eigenvalue weighted by Gasteiger charge is 2.27. The SMILES string of the molecule is CN1CCN(S(=O)(=O)c2ccc(CNC(=O)c3cccs3)cc2)CC1. The predicted molar refractivity (Wildman–Crippen MR) is 98.2 cm³/mol. The van der Waals surface area contributed by atoms with Crippen molar-refractivity contribution in [1.29, 1.82) is 0 Å². The Kier molecular flexibility index (Phi) is 5.53. The lowest BCUT2D eigenvalue weighted by molar-refractivity contribution is 0.0955. The average Bonchev–Trinajstić information content (AvgIpc) is 3.15. The molecule has 1 aromatic carbocycles. The van der Waals surface area contributed by atoms with Gasteiger partial charge in [0.05, 0.1) is 9.77 Å². The Morgan fingerprint density at radius 1 is 1.12 bits per heavy atom. The smallest absolute Gasteiger partial charge is 0.261 e. The number of benzene rings is 1. The summed E-state index contributed by atoms with van der Waals surface area (Å²) in [5.74, 6) is -0.121. The Morgan fingerprint density at radius 2 is 1.80 bits per heavy atom. The van der Waals surface area contributed by atoms with E-state index in [9.17, 15) is 13.2 Å². The number of thiophene rings is 1. The summed E-state index contributed by atoms with van der Waals surface area (Å²) < 4.78 is 26.9. The van der Waals surface area contributed by atoms with Gasteiger partial charge in [0.1, 0.15) is 0 Å². The molecule has 0 bridgehead atoms. The maximum atomic E-state index is 12.7. The molecule has 25 heavy (non-hydrogen) atoms. The number of amides is 1. The van der Waals surface area contributed by atoms with Gasteiger partial charge in [0.15, 0.2) is 0 Å². The summed E-state index contributed by atoms with van der Waals surface area (Å²) in [7, 11) is -1.46. The minimum Gasteiger partial charge on any atom is -0.347 e. The molecular formula is C17H21N3O3S2. The fourth-order valence-electron chi connectivity index (χ4n) is 2.63. The lowest BCUT2D eigenvalue weighted by atomic mass is 10.2. The van der Waals surface area contributed by atoms with Crippen LogP contribution in [0.25, 0.3) is 0 Å². The Hall–Kier alpha value is -1.74. The van der Waals surface area contributed by atoms with Gasteiger partial charge in [-0.05, 0) is 36.2 Å². The maximum absolute atomic E-state index is 12.7. The molecule has 1 N–H and O–H groups in total. The van der Waals surface area contributed by atoms with E-state index in [0.717, 1.165) is 18.7 Å². The number of nitrogens with zero attached hydrogens (tertiary/aromatic N) is 2. The van der Waals surface area contributed by atoms with Gasteiger partial charge in [-0.3, -0.25) is 4.79 Å². The van der Waals surface area contributed by atoms with Crippen molar-refractivity contribution in [2.45, 2.75) is 11.4 Å². The molecule has 0 saturated carbocycles. The zero-order valence-electron chi connectivity index (χ0n) is 14.0. The van der Waals surface area contributed by atoms with Crippen molar-refractivity contribution >= 4 is 27.3 Å². The van der Waals surface area contributed by atoms with Crippen LogP contribution in [0.3, 0.4) is 0 Å². The number of carbonyl (C=O) groups is 1. The minimum atomic E-state index is -3.45. The highest BCUT2D eigenvalue weighted by molar-refractivity contribution is 7.89. The molecule has 0 spiro atoms. The molecule has 0 radical (unpaired) electrons. The predicted octanol–water partition coefficient (Wildman–Crippen LogP) is 1.61. The second-order valence-electron chi connectivity index (χ2n) is 6.01. The van der Waals surface area contributed by atoms with Crippen molar-refractivity contribution in [3.63, 3.8) is 0 Å². The number of sulfonamides is 1. The number of rotatable bonds is 5. The van der Waals surface area contributed by atoms with Crippen molar-refractivity contribution < 1.29 is 13.2 Å². The van der Waals surface area contributed by atoms with E-state index < -0.39 is 10.0 Å². The lowest BCUT2D eigenvalue weighted by Crippen LogP contribution is -2.47. The number of likely N-dealkylation sites (N-methyl/N-ethyl adjacent to an activating group) is 1. The summed E-state index contributed by atoms with van der Waals surface area (Å²) in [4.78, 5) is 15.0. The van der Waals surface area contributed by atoms with Gasteiger partial charge >= 0.3 is 0 Å². The van der Waals surface area contributed by atoms with Crippen LogP contribution < -0.4 is 5.32 Å². The summed E-state index contributed by atoms with van der Waals surface area (Å²) in [5, 5.41) is 4.69. The second kappa shape index (κ2) is 7.65. The van der Waals surface area contributed by atoms with E-state index in [-0.39, 0.29) is 5.91 Å². The number of carbonyl (C=O) groups excluding carboxylic acids is 1. The zero-order chi connectivity index (χ0) is 17.9. The molecule has 134 valence electrons. The summed E-state index contributed by atoms with van der Waals surface area (Å²) in [6.07, 6.45) is 0. The van der Waals surface area contributed by atoms with E-state index in [0.29, 0.717) is 29.4 Å². The fraction of sp³-hybridized carbons (Fsp3) is 0.353. The first-order valence-corrected chi connectivity index (χ1v) is 10.4. The maximum Gasteiger partial charge on any atom is 0.261 e. The van der Waals surface area contributed by atoms with Crippen molar-refractivity contribution in [2.24, 2.45) is 0 Å². The molecule has 1 fully saturated rings. The van der Waals surface area contributed by atoms with Crippen LogP contribution in [0.2, 0.25) is 0 Å². The molecule has 1 amide bonds. The summed E-state index contributed by atoms with van der Waals surface area (Å²) in [5.41, 5.74) is 0.863. The molecule has 0 aliphatic carbocycles. The minimum absolute atomic E-state index is 0.121. The monoisotopic (exact) mass is 379 g/mol. The van der Waals surface area contributed by atoms with E-state index in [1.165, 1.54) is 15.6 Å². The van der Waals surface area contributed by atoms with Crippen molar-refractivity contribution in [2.75, 3.05) is 33.2 Å². The van der Waals surface area contributed by atoms with E-state index >= 15 is 0 Å². The largest absolute Gasteiger partial charge is 0.347 e. The Balaban J connectivity index is 1.62. The van der Waals surface area contributed by atoms with Crippen molar-refractivity contribution in [1.82, 2.24) is 14.5 Å². The first-order valence-electron chi connectivity index (χ1n) is 8.06. The van der Waals surface area contributed by atoms with E-state index in [1.54, 1.807) is 30.3 Å².